The Morgan fingerprint density at radius 2 is 1.52 bits per heavy atom. The zero-order chi connectivity index (χ0) is 21.3. The lowest BCUT2D eigenvalue weighted by molar-refractivity contribution is -0.144. The molecule has 0 saturated heterocycles. The molecule has 0 aromatic heterocycles. The first-order valence-corrected chi connectivity index (χ1v) is 8.96. The van der Waals surface area contributed by atoms with Crippen molar-refractivity contribution in [3.8, 4) is 0 Å². The number of rotatable bonds is 11. The second kappa shape index (κ2) is 11.5. The van der Waals surface area contributed by atoms with Crippen molar-refractivity contribution in [1.82, 2.24) is 16.0 Å². The molecule has 7 N–H and O–H groups in total. The first-order chi connectivity index (χ1) is 12.4. The highest BCUT2D eigenvalue weighted by molar-refractivity contribution is 5.92. The van der Waals surface area contributed by atoms with Crippen LogP contribution >= 0.6 is 0 Å². The van der Waals surface area contributed by atoms with E-state index < -0.39 is 54.5 Å². The highest BCUT2D eigenvalue weighted by atomic mass is 16.4. The molecule has 0 aliphatic carbocycles. The molecular weight excluding hydrogens is 356 g/mol. The van der Waals surface area contributed by atoms with Crippen LogP contribution in [0.4, 0.5) is 0 Å². The summed E-state index contributed by atoms with van der Waals surface area (Å²) in [7, 11) is 0. The Morgan fingerprint density at radius 3 is 1.93 bits per heavy atom. The Bertz CT molecular complexity index is 538. The molecular formula is C17H32N4O6. The maximum Gasteiger partial charge on any atom is 0.326 e. The number of aliphatic hydroxyl groups excluding tert-OH is 1. The highest BCUT2D eigenvalue weighted by Gasteiger charge is 2.32. The van der Waals surface area contributed by atoms with Gasteiger partial charge in [-0.2, -0.15) is 0 Å². The second-order valence-corrected chi connectivity index (χ2v) is 6.98. The fourth-order valence-electron chi connectivity index (χ4n) is 2.14. The first-order valence-electron chi connectivity index (χ1n) is 8.96. The third kappa shape index (κ3) is 8.35. The third-order valence-electron chi connectivity index (χ3n) is 4.30. The minimum absolute atomic E-state index is 0.113. The van der Waals surface area contributed by atoms with E-state index in [1.54, 1.807) is 27.7 Å². The molecule has 0 aliphatic heterocycles. The molecule has 0 aromatic rings. The summed E-state index contributed by atoms with van der Waals surface area (Å²) in [6.07, 6.45) is -0.751. The number of amides is 3. The molecule has 156 valence electrons. The summed E-state index contributed by atoms with van der Waals surface area (Å²) in [5.41, 5.74) is 5.67. The Morgan fingerprint density at radius 1 is 0.963 bits per heavy atom. The number of carboxylic acid groups (broad SMARTS) is 1. The molecule has 0 aliphatic rings. The summed E-state index contributed by atoms with van der Waals surface area (Å²) in [5, 5.41) is 26.0. The molecule has 3 amide bonds. The monoisotopic (exact) mass is 388 g/mol. The second-order valence-electron chi connectivity index (χ2n) is 6.98. The van der Waals surface area contributed by atoms with Gasteiger partial charge in [0.2, 0.25) is 17.7 Å². The molecule has 10 nitrogen and oxygen atoms in total. The molecule has 0 fully saturated rings. The van der Waals surface area contributed by atoms with Gasteiger partial charge in [0.05, 0.1) is 18.7 Å². The van der Waals surface area contributed by atoms with Crippen molar-refractivity contribution >= 4 is 23.7 Å². The zero-order valence-corrected chi connectivity index (χ0v) is 16.5. The van der Waals surface area contributed by atoms with Crippen molar-refractivity contribution in [2.75, 3.05) is 6.54 Å². The summed E-state index contributed by atoms with van der Waals surface area (Å²) in [6.45, 7) is 7.83. The van der Waals surface area contributed by atoms with Crippen LogP contribution in [0.25, 0.3) is 0 Å². The van der Waals surface area contributed by atoms with E-state index >= 15 is 0 Å². The van der Waals surface area contributed by atoms with Crippen LogP contribution in [-0.2, 0) is 19.2 Å². The van der Waals surface area contributed by atoms with Gasteiger partial charge in [-0.1, -0.05) is 34.1 Å². The van der Waals surface area contributed by atoms with E-state index in [0.717, 1.165) is 0 Å². The smallest absolute Gasteiger partial charge is 0.326 e. The van der Waals surface area contributed by atoms with Crippen LogP contribution in [-0.4, -0.2) is 64.7 Å². The Kier molecular flexibility index (Phi) is 10.6. The van der Waals surface area contributed by atoms with E-state index in [1.165, 1.54) is 6.92 Å². The van der Waals surface area contributed by atoms with Crippen molar-refractivity contribution in [2.24, 2.45) is 17.6 Å². The van der Waals surface area contributed by atoms with Crippen molar-refractivity contribution in [3.05, 3.63) is 0 Å². The van der Waals surface area contributed by atoms with Crippen LogP contribution < -0.4 is 21.7 Å². The summed E-state index contributed by atoms with van der Waals surface area (Å²) >= 11 is 0. The molecule has 0 spiro atoms. The fourth-order valence-corrected chi connectivity index (χ4v) is 2.14. The van der Waals surface area contributed by atoms with Gasteiger partial charge in [0.1, 0.15) is 12.1 Å². The molecule has 0 aromatic carbocycles. The van der Waals surface area contributed by atoms with Gasteiger partial charge in [-0.15, -0.1) is 0 Å². The van der Waals surface area contributed by atoms with Gasteiger partial charge in [-0.3, -0.25) is 14.4 Å². The number of carbonyl (C=O) groups is 4. The van der Waals surface area contributed by atoms with Crippen LogP contribution in [0.5, 0.6) is 0 Å². The average molecular weight is 388 g/mol. The molecule has 0 radical (unpaired) electrons. The summed E-state index contributed by atoms with van der Waals surface area (Å²) in [4.78, 5) is 47.4. The molecule has 5 unspecified atom stereocenters. The van der Waals surface area contributed by atoms with E-state index in [0.29, 0.717) is 6.42 Å². The Labute approximate surface area is 159 Å². The number of nitrogens with one attached hydrogen (secondary N) is 3. The minimum Gasteiger partial charge on any atom is -0.480 e. The van der Waals surface area contributed by atoms with Crippen LogP contribution in [0.1, 0.15) is 41.0 Å². The first kappa shape index (κ1) is 24.8. The predicted molar refractivity (Wildman–Crippen MR) is 98.5 cm³/mol. The summed E-state index contributed by atoms with van der Waals surface area (Å²) in [6, 6.07) is -3.29. The molecule has 5 atom stereocenters. The number of aliphatic carboxylic acids is 1. The average Bonchev–Trinajstić information content (AvgIpc) is 2.59. The predicted octanol–water partition coefficient (Wildman–Crippen LogP) is -1.43. The topological polar surface area (TPSA) is 171 Å². The normalized spacial score (nSPS) is 16.6. The van der Waals surface area contributed by atoms with Gasteiger partial charge < -0.3 is 31.9 Å². The molecule has 0 bridgehead atoms. The van der Waals surface area contributed by atoms with Gasteiger partial charge >= 0.3 is 5.97 Å². The lowest BCUT2D eigenvalue weighted by Crippen LogP contribution is -2.58. The van der Waals surface area contributed by atoms with E-state index in [-0.39, 0.29) is 11.8 Å². The van der Waals surface area contributed by atoms with Gasteiger partial charge in [-0.05, 0) is 18.8 Å². The molecule has 0 saturated carbocycles. The van der Waals surface area contributed by atoms with E-state index in [4.69, 9.17) is 5.73 Å². The lowest BCUT2D eigenvalue weighted by atomic mass is 9.98. The van der Waals surface area contributed by atoms with Gasteiger partial charge in [0.25, 0.3) is 0 Å². The quantitative estimate of drug-likeness (QED) is 0.252. The number of nitrogens with two attached hydrogens (primary N) is 1. The SMILES string of the molecule is CCC(C)C(NC(=O)C(NC(=O)CNC(=O)C(N)C(C)C)C(C)O)C(=O)O. The van der Waals surface area contributed by atoms with Gasteiger partial charge in [-0.25, -0.2) is 4.79 Å². The van der Waals surface area contributed by atoms with Crippen LogP contribution in [0, 0.1) is 11.8 Å². The highest BCUT2D eigenvalue weighted by Crippen LogP contribution is 2.08. The van der Waals surface area contributed by atoms with E-state index in [9.17, 15) is 29.4 Å². The lowest BCUT2D eigenvalue weighted by Gasteiger charge is -2.25. The van der Waals surface area contributed by atoms with Crippen LogP contribution in [0.2, 0.25) is 0 Å². The van der Waals surface area contributed by atoms with E-state index in [1.807, 2.05) is 0 Å². The number of aliphatic hydroxyl groups is 1. The number of carbonyl (C=O) groups excluding carboxylic acids is 3. The van der Waals surface area contributed by atoms with Crippen molar-refractivity contribution in [1.29, 1.82) is 0 Å². The van der Waals surface area contributed by atoms with Crippen LogP contribution in [0.3, 0.4) is 0 Å². The zero-order valence-electron chi connectivity index (χ0n) is 16.5. The van der Waals surface area contributed by atoms with Gasteiger partial charge in [0, 0.05) is 0 Å². The number of hydrogen-bond acceptors (Lipinski definition) is 6. The van der Waals surface area contributed by atoms with Crippen molar-refractivity contribution in [3.63, 3.8) is 0 Å². The number of carboxylic acids is 1. The number of hydrogen-bond donors (Lipinski definition) is 6. The molecule has 0 heterocycles. The summed E-state index contributed by atoms with van der Waals surface area (Å²) < 4.78 is 0. The minimum atomic E-state index is -1.36. The van der Waals surface area contributed by atoms with Gasteiger partial charge in [0.15, 0.2) is 0 Å². The van der Waals surface area contributed by atoms with Crippen molar-refractivity contribution in [2.45, 2.75) is 65.3 Å². The van der Waals surface area contributed by atoms with Crippen LogP contribution in [0.15, 0.2) is 0 Å². The Hall–Kier alpha value is -2.20. The Balaban J connectivity index is 4.88. The maximum absolute atomic E-state index is 12.3. The van der Waals surface area contributed by atoms with Crippen molar-refractivity contribution < 1.29 is 29.4 Å². The molecule has 27 heavy (non-hydrogen) atoms. The van der Waals surface area contributed by atoms with E-state index in [2.05, 4.69) is 16.0 Å². The summed E-state index contributed by atoms with van der Waals surface area (Å²) in [5.74, 6) is -3.71. The third-order valence-corrected chi connectivity index (χ3v) is 4.30. The largest absolute Gasteiger partial charge is 0.480 e. The molecule has 10 heteroatoms. The standard InChI is InChI=1S/C17H32N4O6/c1-6-9(4)13(17(26)27)21-16(25)14(10(5)22)20-11(23)7-19-15(24)12(18)8(2)3/h8-10,12-14,22H,6-7,18H2,1-5H3,(H,19,24)(H,20,23)(H,21,25)(H,26,27). The fraction of sp³-hybridized carbons (Fsp3) is 0.765. The maximum atomic E-state index is 12.3. The molecule has 0 rings (SSSR count).